The van der Waals surface area contributed by atoms with Gasteiger partial charge in [-0.05, 0) is 38.1 Å². The van der Waals surface area contributed by atoms with E-state index in [0.29, 0.717) is 13.0 Å². The van der Waals surface area contributed by atoms with Gasteiger partial charge in [0.05, 0.1) is 6.61 Å². The first-order valence-corrected chi connectivity index (χ1v) is 7.26. The molecule has 1 saturated carbocycles. The minimum absolute atomic E-state index is 0.0582. The zero-order valence-electron chi connectivity index (χ0n) is 11.7. The lowest BCUT2D eigenvalue weighted by Gasteiger charge is -2.31. The first-order chi connectivity index (χ1) is 8.57. The first kappa shape index (κ1) is 15.8. The topological polar surface area (TPSA) is 21.3 Å². The van der Waals surface area contributed by atoms with E-state index in [1.165, 1.54) is 0 Å². The van der Waals surface area contributed by atoms with Crippen LogP contribution >= 0.6 is 0 Å². The summed E-state index contributed by atoms with van der Waals surface area (Å²) in [4.78, 5) is 0. The molecule has 0 radical (unpaired) electrons. The maximum Gasteiger partial charge on any atom is 0.248 e. The van der Waals surface area contributed by atoms with Gasteiger partial charge in [-0.3, -0.25) is 0 Å². The summed E-state index contributed by atoms with van der Waals surface area (Å²) in [6, 6.07) is 0.223. The summed E-state index contributed by atoms with van der Waals surface area (Å²) >= 11 is 0. The molecule has 4 heteroatoms. The van der Waals surface area contributed by atoms with Crippen molar-refractivity contribution >= 4 is 0 Å². The molecule has 2 nitrogen and oxygen atoms in total. The fourth-order valence-corrected chi connectivity index (χ4v) is 2.75. The molecule has 1 aliphatic rings. The Morgan fingerprint density at radius 1 is 1.39 bits per heavy atom. The minimum Gasteiger partial charge on any atom is -0.380 e. The summed E-state index contributed by atoms with van der Waals surface area (Å²) in [6.07, 6.45) is 3.54. The van der Waals surface area contributed by atoms with Crippen molar-refractivity contribution in [1.82, 2.24) is 5.32 Å². The van der Waals surface area contributed by atoms with Crippen molar-refractivity contribution in [1.29, 1.82) is 0 Å². The summed E-state index contributed by atoms with van der Waals surface area (Å²) in [6.45, 7) is 6.38. The van der Waals surface area contributed by atoms with Crippen LogP contribution in [0.4, 0.5) is 8.78 Å². The molecule has 0 spiro atoms. The highest BCUT2D eigenvalue weighted by Gasteiger charge is 2.36. The Morgan fingerprint density at radius 2 is 2.17 bits per heavy atom. The Labute approximate surface area is 109 Å². The third-order valence-electron chi connectivity index (χ3n) is 3.52. The second-order valence-electron chi connectivity index (χ2n) is 5.38. The van der Waals surface area contributed by atoms with Gasteiger partial charge in [-0.15, -0.1) is 0 Å². The normalized spacial score (nSPS) is 25.0. The highest BCUT2D eigenvalue weighted by atomic mass is 19.3. The highest BCUT2D eigenvalue weighted by molar-refractivity contribution is 4.81. The van der Waals surface area contributed by atoms with E-state index >= 15 is 0 Å². The monoisotopic (exact) mass is 263 g/mol. The molecule has 0 aliphatic heterocycles. The molecule has 1 N–H and O–H groups in total. The summed E-state index contributed by atoms with van der Waals surface area (Å²) < 4.78 is 32.2. The van der Waals surface area contributed by atoms with Crippen molar-refractivity contribution in [2.24, 2.45) is 5.92 Å². The molecule has 0 aromatic carbocycles. The Morgan fingerprint density at radius 3 is 2.78 bits per heavy atom. The molecule has 0 amide bonds. The Hall–Kier alpha value is -0.220. The lowest BCUT2D eigenvalue weighted by Crippen LogP contribution is -2.37. The molecular formula is C14H27F2NO. The summed E-state index contributed by atoms with van der Waals surface area (Å²) in [5.41, 5.74) is 0. The van der Waals surface area contributed by atoms with E-state index in [4.69, 9.17) is 4.74 Å². The fourth-order valence-electron chi connectivity index (χ4n) is 2.75. The van der Waals surface area contributed by atoms with Crippen LogP contribution in [0.5, 0.6) is 0 Å². The number of hydrogen-bond donors (Lipinski definition) is 1. The van der Waals surface area contributed by atoms with E-state index in [0.717, 1.165) is 32.4 Å². The number of nitrogens with one attached hydrogen (secondary N) is 1. The molecule has 1 aliphatic carbocycles. The van der Waals surface area contributed by atoms with E-state index in [-0.39, 0.29) is 24.8 Å². The maximum atomic E-state index is 13.3. The van der Waals surface area contributed by atoms with Crippen LogP contribution in [0, 0.1) is 5.92 Å². The van der Waals surface area contributed by atoms with Gasteiger partial charge in [-0.2, -0.15) is 0 Å². The fraction of sp³-hybridized carbons (Fsp3) is 1.00. The van der Waals surface area contributed by atoms with Gasteiger partial charge in [-0.25, -0.2) is 8.78 Å². The zero-order chi connectivity index (χ0) is 13.4. The number of ether oxygens (including phenoxy) is 1. The van der Waals surface area contributed by atoms with Gasteiger partial charge in [0.2, 0.25) is 5.92 Å². The second-order valence-corrected chi connectivity index (χ2v) is 5.38. The number of halogens is 2. The number of likely N-dealkylation sites (N-methyl/N-ethyl adjacent to an activating group) is 1. The van der Waals surface area contributed by atoms with Crippen molar-refractivity contribution in [3.05, 3.63) is 0 Å². The summed E-state index contributed by atoms with van der Waals surface area (Å²) in [7, 11) is 0. The van der Waals surface area contributed by atoms with Crippen LogP contribution in [0.2, 0.25) is 0 Å². The molecule has 0 bridgehead atoms. The van der Waals surface area contributed by atoms with Gasteiger partial charge in [0.25, 0.3) is 0 Å². The molecule has 0 aromatic heterocycles. The van der Waals surface area contributed by atoms with Crippen LogP contribution in [0.1, 0.15) is 52.4 Å². The van der Waals surface area contributed by atoms with Gasteiger partial charge >= 0.3 is 0 Å². The molecule has 2 atom stereocenters. The Balaban J connectivity index is 2.34. The average Bonchev–Trinajstić information content (AvgIpc) is 2.28. The van der Waals surface area contributed by atoms with E-state index < -0.39 is 5.92 Å². The van der Waals surface area contributed by atoms with Crippen molar-refractivity contribution in [2.45, 2.75) is 64.3 Å². The standard InChI is InChI=1S/C14H27F2NO/c1-3-8-18-11-13(17-4-2)9-12-6-5-7-14(15,16)10-12/h12-13,17H,3-11H2,1-2H3. The average molecular weight is 263 g/mol. The summed E-state index contributed by atoms with van der Waals surface area (Å²) in [5, 5.41) is 3.35. The quantitative estimate of drug-likeness (QED) is 0.675. The maximum absolute atomic E-state index is 13.3. The molecule has 18 heavy (non-hydrogen) atoms. The van der Waals surface area contributed by atoms with Gasteiger partial charge in [0.1, 0.15) is 0 Å². The Kier molecular flexibility index (Phi) is 7.08. The third-order valence-corrected chi connectivity index (χ3v) is 3.52. The molecular weight excluding hydrogens is 236 g/mol. The molecule has 0 heterocycles. The lowest BCUT2D eigenvalue weighted by molar-refractivity contribution is -0.0560. The van der Waals surface area contributed by atoms with Gasteiger partial charge in [-0.1, -0.05) is 13.8 Å². The molecule has 1 fully saturated rings. The van der Waals surface area contributed by atoms with Crippen LogP contribution in [0.3, 0.4) is 0 Å². The van der Waals surface area contributed by atoms with E-state index in [2.05, 4.69) is 12.2 Å². The molecule has 0 aromatic rings. The number of hydrogen-bond acceptors (Lipinski definition) is 2. The molecule has 2 unspecified atom stereocenters. The van der Waals surface area contributed by atoms with Crippen LogP contribution in [-0.4, -0.2) is 31.7 Å². The van der Waals surface area contributed by atoms with Crippen molar-refractivity contribution in [3.8, 4) is 0 Å². The van der Waals surface area contributed by atoms with Crippen molar-refractivity contribution in [3.63, 3.8) is 0 Å². The van der Waals surface area contributed by atoms with E-state index in [1.54, 1.807) is 0 Å². The lowest BCUT2D eigenvalue weighted by atomic mass is 9.82. The Bertz CT molecular complexity index is 224. The van der Waals surface area contributed by atoms with E-state index in [9.17, 15) is 8.78 Å². The largest absolute Gasteiger partial charge is 0.380 e. The van der Waals surface area contributed by atoms with Crippen LogP contribution in [-0.2, 0) is 4.74 Å². The third kappa shape index (κ3) is 6.10. The number of rotatable bonds is 8. The minimum atomic E-state index is -2.44. The van der Waals surface area contributed by atoms with Gasteiger partial charge in [0.15, 0.2) is 0 Å². The van der Waals surface area contributed by atoms with Crippen LogP contribution in [0.25, 0.3) is 0 Å². The van der Waals surface area contributed by atoms with Crippen LogP contribution in [0.15, 0.2) is 0 Å². The van der Waals surface area contributed by atoms with E-state index in [1.807, 2.05) is 6.92 Å². The highest BCUT2D eigenvalue weighted by Crippen LogP contribution is 2.38. The molecule has 0 saturated heterocycles. The SMILES string of the molecule is CCCOCC(CC1CCCC(F)(F)C1)NCC. The van der Waals surface area contributed by atoms with Crippen LogP contribution < -0.4 is 5.32 Å². The molecule has 108 valence electrons. The summed E-state index contributed by atoms with van der Waals surface area (Å²) in [5.74, 6) is -2.30. The molecule has 1 rings (SSSR count). The second kappa shape index (κ2) is 8.05. The zero-order valence-corrected chi connectivity index (χ0v) is 11.7. The predicted molar refractivity (Wildman–Crippen MR) is 70.1 cm³/mol. The predicted octanol–water partition coefficient (Wildman–Crippen LogP) is 3.61. The van der Waals surface area contributed by atoms with Gasteiger partial charge in [0, 0.05) is 25.5 Å². The van der Waals surface area contributed by atoms with Crippen molar-refractivity contribution in [2.75, 3.05) is 19.8 Å². The smallest absolute Gasteiger partial charge is 0.248 e. The van der Waals surface area contributed by atoms with Gasteiger partial charge < -0.3 is 10.1 Å². The number of alkyl halides is 2. The van der Waals surface area contributed by atoms with Crippen molar-refractivity contribution < 1.29 is 13.5 Å². The first-order valence-electron chi connectivity index (χ1n) is 7.26.